The summed E-state index contributed by atoms with van der Waals surface area (Å²) in [7, 11) is -3.32. The van der Waals surface area contributed by atoms with Crippen LogP contribution in [0.15, 0.2) is 24.3 Å². The van der Waals surface area contributed by atoms with Gasteiger partial charge in [0.05, 0.1) is 29.9 Å². The molecule has 0 spiro atoms. The summed E-state index contributed by atoms with van der Waals surface area (Å²) in [4.78, 5) is 2.42. The number of halogens is 1. The predicted octanol–water partition coefficient (Wildman–Crippen LogP) is 3.71. The van der Waals surface area contributed by atoms with Gasteiger partial charge in [0.25, 0.3) is 0 Å². The van der Waals surface area contributed by atoms with Crippen molar-refractivity contribution in [1.82, 2.24) is 19.0 Å². The SMILES string of the molecule is CCCN1CCc2c(c(CN(CC(C)C)S(C)(=O)=O)nn2-c2cccc(Cl)c2)C1. The Balaban J connectivity index is 2.04. The molecule has 1 aromatic carbocycles. The number of hydrogen-bond donors (Lipinski definition) is 0. The normalized spacial score (nSPS) is 15.3. The van der Waals surface area contributed by atoms with Crippen LogP contribution in [-0.2, 0) is 29.5 Å². The van der Waals surface area contributed by atoms with E-state index in [0.29, 0.717) is 18.1 Å². The van der Waals surface area contributed by atoms with Crippen LogP contribution < -0.4 is 0 Å². The molecule has 1 aromatic heterocycles. The molecule has 2 aromatic rings. The molecule has 0 saturated heterocycles. The Labute approximate surface area is 179 Å². The number of sulfonamides is 1. The van der Waals surface area contributed by atoms with Gasteiger partial charge in [-0.15, -0.1) is 0 Å². The molecule has 0 saturated carbocycles. The van der Waals surface area contributed by atoms with Crippen LogP contribution in [0.5, 0.6) is 0 Å². The third-order valence-electron chi connectivity index (χ3n) is 5.18. The summed E-state index contributed by atoms with van der Waals surface area (Å²) >= 11 is 6.21. The van der Waals surface area contributed by atoms with Gasteiger partial charge in [-0.25, -0.2) is 13.1 Å². The second kappa shape index (κ2) is 9.16. The molecule has 0 atom stereocenters. The van der Waals surface area contributed by atoms with Crippen molar-refractivity contribution >= 4 is 21.6 Å². The van der Waals surface area contributed by atoms with Crippen LogP contribution in [0.1, 0.15) is 44.1 Å². The van der Waals surface area contributed by atoms with E-state index in [2.05, 4.69) is 11.8 Å². The Morgan fingerprint density at radius 1 is 1.31 bits per heavy atom. The molecule has 0 radical (unpaired) electrons. The molecule has 0 N–H and O–H groups in total. The zero-order valence-corrected chi connectivity index (χ0v) is 19.3. The van der Waals surface area contributed by atoms with Crippen LogP contribution in [0.25, 0.3) is 5.69 Å². The predicted molar refractivity (Wildman–Crippen MR) is 118 cm³/mol. The first kappa shape index (κ1) is 22.3. The highest BCUT2D eigenvalue weighted by Crippen LogP contribution is 2.28. The summed E-state index contributed by atoms with van der Waals surface area (Å²) in [6, 6.07) is 7.65. The van der Waals surface area contributed by atoms with E-state index in [1.165, 1.54) is 6.26 Å². The van der Waals surface area contributed by atoms with Crippen molar-refractivity contribution in [3.8, 4) is 5.69 Å². The first-order valence-corrected chi connectivity index (χ1v) is 12.4. The summed E-state index contributed by atoms with van der Waals surface area (Å²) in [5.41, 5.74) is 4.07. The number of fused-ring (bicyclic) bond motifs is 1. The molecule has 0 unspecified atom stereocenters. The minimum Gasteiger partial charge on any atom is -0.299 e. The summed E-state index contributed by atoms with van der Waals surface area (Å²) in [6.07, 6.45) is 3.26. The zero-order chi connectivity index (χ0) is 21.2. The van der Waals surface area contributed by atoms with Crippen molar-refractivity contribution in [3.05, 3.63) is 46.2 Å². The number of benzene rings is 1. The summed E-state index contributed by atoms with van der Waals surface area (Å²) in [6.45, 7) is 9.83. The van der Waals surface area contributed by atoms with E-state index in [1.54, 1.807) is 4.31 Å². The molecule has 0 bridgehead atoms. The molecule has 8 heteroatoms. The Bertz CT molecular complexity index is 956. The second-order valence-electron chi connectivity index (χ2n) is 8.24. The summed E-state index contributed by atoms with van der Waals surface area (Å²) in [5.74, 6) is 0.243. The maximum Gasteiger partial charge on any atom is 0.211 e. The fourth-order valence-corrected chi connectivity index (χ4v) is 5.00. The number of rotatable bonds is 8. The Morgan fingerprint density at radius 2 is 2.07 bits per heavy atom. The van der Waals surface area contributed by atoms with Crippen LogP contribution in [0.4, 0.5) is 0 Å². The first-order valence-electron chi connectivity index (χ1n) is 10.2. The van der Waals surface area contributed by atoms with Gasteiger partial charge in [-0.05, 0) is 37.1 Å². The van der Waals surface area contributed by atoms with Crippen LogP contribution in [-0.4, -0.2) is 53.3 Å². The topological polar surface area (TPSA) is 58.4 Å². The van der Waals surface area contributed by atoms with E-state index < -0.39 is 10.0 Å². The second-order valence-corrected chi connectivity index (χ2v) is 10.7. The highest BCUT2D eigenvalue weighted by atomic mass is 35.5. The highest BCUT2D eigenvalue weighted by Gasteiger charge is 2.28. The van der Waals surface area contributed by atoms with Crippen molar-refractivity contribution < 1.29 is 8.42 Å². The third kappa shape index (κ3) is 5.40. The van der Waals surface area contributed by atoms with Crippen LogP contribution >= 0.6 is 11.6 Å². The van der Waals surface area contributed by atoms with Gasteiger partial charge in [0.2, 0.25) is 10.0 Å². The lowest BCUT2D eigenvalue weighted by atomic mass is 10.0. The Hall–Kier alpha value is -1.41. The fraction of sp³-hybridized carbons (Fsp3) is 0.571. The summed E-state index contributed by atoms with van der Waals surface area (Å²) < 4.78 is 28.3. The van der Waals surface area contributed by atoms with Gasteiger partial charge < -0.3 is 0 Å². The number of aromatic nitrogens is 2. The monoisotopic (exact) mass is 438 g/mol. The molecule has 0 aliphatic carbocycles. The lowest BCUT2D eigenvalue weighted by Crippen LogP contribution is -2.35. The molecule has 29 heavy (non-hydrogen) atoms. The standard InChI is InChI=1S/C21H31ClN4O2S/c1-5-10-24-11-9-21-19(14-24)20(15-25(13-16(2)3)29(4,27)28)23-26(21)18-8-6-7-17(22)12-18/h6-8,12,16H,5,9-11,13-15H2,1-4H3. The van der Waals surface area contributed by atoms with E-state index in [9.17, 15) is 8.42 Å². The van der Waals surface area contributed by atoms with E-state index in [1.807, 2.05) is 42.8 Å². The lowest BCUT2D eigenvalue weighted by molar-refractivity contribution is 0.251. The third-order valence-corrected chi connectivity index (χ3v) is 6.63. The Morgan fingerprint density at radius 3 is 2.69 bits per heavy atom. The van der Waals surface area contributed by atoms with Crippen molar-refractivity contribution in [2.75, 3.05) is 25.9 Å². The van der Waals surface area contributed by atoms with Gasteiger partial charge in [-0.2, -0.15) is 9.40 Å². The maximum absolute atomic E-state index is 12.4. The molecule has 0 amide bonds. The lowest BCUT2D eigenvalue weighted by Gasteiger charge is -2.28. The van der Waals surface area contributed by atoms with Gasteiger partial charge in [-0.1, -0.05) is 38.4 Å². The molecular weight excluding hydrogens is 408 g/mol. The fourth-order valence-electron chi connectivity index (χ4n) is 3.89. The van der Waals surface area contributed by atoms with E-state index in [4.69, 9.17) is 16.7 Å². The number of hydrogen-bond acceptors (Lipinski definition) is 4. The minimum absolute atomic E-state index is 0.243. The van der Waals surface area contributed by atoms with Gasteiger partial charge in [0, 0.05) is 36.6 Å². The van der Waals surface area contributed by atoms with Crippen LogP contribution in [0.3, 0.4) is 0 Å². The van der Waals surface area contributed by atoms with Crippen LogP contribution in [0, 0.1) is 5.92 Å². The molecular formula is C21H31ClN4O2S. The largest absolute Gasteiger partial charge is 0.299 e. The quantitative estimate of drug-likeness (QED) is 0.630. The Kier molecular flexibility index (Phi) is 7.04. The summed E-state index contributed by atoms with van der Waals surface area (Å²) in [5, 5.41) is 5.54. The van der Waals surface area contributed by atoms with E-state index >= 15 is 0 Å². The molecule has 6 nitrogen and oxygen atoms in total. The van der Waals surface area contributed by atoms with Gasteiger partial charge >= 0.3 is 0 Å². The maximum atomic E-state index is 12.4. The van der Waals surface area contributed by atoms with Crippen molar-refractivity contribution in [1.29, 1.82) is 0 Å². The molecule has 2 heterocycles. The molecule has 3 rings (SSSR count). The van der Waals surface area contributed by atoms with E-state index in [-0.39, 0.29) is 5.92 Å². The zero-order valence-electron chi connectivity index (χ0n) is 17.7. The van der Waals surface area contributed by atoms with Crippen molar-refractivity contribution in [2.45, 2.75) is 46.7 Å². The van der Waals surface area contributed by atoms with Gasteiger partial charge in [0.1, 0.15) is 0 Å². The number of nitrogens with zero attached hydrogens (tertiary/aromatic N) is 4. The molecule has 160 valence electrons. The van der Waals surface area contributed by atoms with Crippen molar-refractivity contribution in [3.63, 3.8) is 0 Å². The minimum atomic E-state index is -3.32. The van der Waals surface area contributed by atoms with E-state index in [0.717, 1.165) is 55.1 Å². The molecule has 1 aliphatic heterocycles. The van der Waals surface area contributed by atoms with Gasteiger partial charge in [0.15, 0.2) is 0 Å². The first-order chi connectivity index (χ1) is 13.7. The average molecular weight is 439 g/mol. The van der Waals surface area contributed by atoms with Crippen molar-refractivity contribution in [2.24, 2.45) is 5.92 Å². The van der Waals surface area contributed by atoms with Crippen LogP contribution in [0.2, 0.25) is 5.02 Å². The molecule has 1 aliphatic rings. The smallest absolute Gasteiger partial charge is 0.211 e. The highest BCUT2D eigenvalue weighted by molar-refractivity contribution is 7.88. The molecule has 0 fully saturated rings. The average Bonchev–Trinajstić information content (AvgIpc) is 2.98. The van der Waals surface area contributed by atoms with Gasteiger partial charge in [-0.3, -0.25) is 4.90 Å².